The number of carbonyl (C=O) groups excluding carboxylic acids is 2. The van der Waals surface area contributed by atoms with Crippen molar-refractivity contribution < 1.29 is 14.7 Å². The van der Waals surface area contributed by atoms with Crippen molar-refractivity contribution in [2.75, 3.05) is 18.4 Å². The number of β-amino-alcohol motifs (C(OH)–C–C–N with tert-alkyl or cyclic N) is 1. The van der Waals surface area contributed by atoms with Gasteiger partial charge in [-0.25, -0.2) is 0 Å². The van der Waals surface area contributed by atoms with E-state index < -0.39 is 5.60 Å². The molecule has 2 N–H and O–H groups in total. The van der Waals surface area contributed by atoms with Crippen molar-refractivity contribution in [3.05, 3.63) is 40.9 Å². The molecule has 1 unspecified atom stereocenters. The summed E-state index contributed by atoms with van der Waals surface area (Å²) in [6.07, 6.45) is 0.687. The van der Waals surface area contributed by atoms with Crippen LogP contribution in [0, 0.1) is 6.92 Å². The lowest BCUT2D eigenvalue weighted by Gasteiger charge is -2.25. The standard InChI is InChI=1S/C17H20N4O3S/c1-12-4-2-3-5-13(12)17(24)8-9-21(10-17)15(23)7-6-14(22)19-16-20-18-11-25-16/h2-5,11,24H,6-10H2,1H3,(H,19,20,22). The highest BCUT2D eigenvalue weighted by atomic mass is 32.1. The smallest absolute Gasteiger partial charge is 0.226 e. The van der Waals surface area contributed by atoms with E-state index in [-0.39, 0.29) is 31.2 Å². The molecular formula is C17H20N4O3S. The fourth-order valence-corrected chi connectivity index (χ4v) is 3.57. The normalized spacial score (nSPS) is 19.8. The average molecular weight is 360 g/mol. The number of likely N-dealkylation sites (tertiary alicyclic amines) is 1. The van der Waals surface area contributed by atoms with Gasteiger partial charge in [-0.1, -0.05) is 35.6 Å². The van der Waals surface area contributed by atoms with Crippen molar-refractivity contribution in [2.45, 2.75) is 31.8 Å². The van der Waals surface area contributed by atoms with E-state index in [9.17, 15) is 14.7 Å². The maximum Gasteiger partial charge on any atom is 0.226 e. The van der Waals surface area contributed by atoms with Crippen LogP contribution in [0.2, 0.25) is 0 Å². The molecule has 0 spiro atoms. The first kappa shape index (κ1) is 17.5. The van der Waals surface area contributed by atoms with Gasteiger partial charge in [0.05, 0.1) is 6.54 Å². The predicted molar refractivity (Wildman–Crippen MR) is 94.0 cm³/mol. The lowest BCUT2D eigenvalue weighted by atomic mass is 9.89. The van der Waals surface area contributed by atoms with E-state index in [4.69, 9.17) is 0 Å². The highest BCUT2D eigenvalue weighted by Crippen LogP contribution is 2.34. The summed E-state index contributed by atoms with van der Waals surface area (Å²) in [6, 6.07) is 7.67. The van der Waals surface area contributed by atoms with Crippen LogP contribution in [0.1, 0.15) is 30.4 Å². The van der Waals surface area contributed by atoms with Crippen LogP contribution in [0.15, 0.2) is 29.8 Å². The molecule has 132 valence electrons. The molecule has 2 aromatic rings. The molecule has 2 heterocycles. The van der Waals surface area contributed by atoms with Crippen molar-refractivity contribution >= 4 is 28.3 Å². The number of aryl methyl sites for hydroxylation is 1. The number of amides is 2. The average Bonchev–Trinajstić information content (AvgIpc) is 3.23. The van der Waals surface area contributed by atoms with Gasteiger partial charge in [0, 0.05) is 19.4 Å². The largest absolute Gasteiger partial charge is 0.383 e. The maximum absolute atomic E-state index is 12.4. The molecular weight excluding hydrogens is 340 g/mol. The molecule has 0 bridgehead atoms. The molecule has 0 aliphatic carbocycles. The Labute approximate surface area is 149 Å². The van der Waals surface area contributed by atoms with Crippen LogP contribution >= 0.6 is 11.3 Å². The number of nitrogens with one attached hydrogen (secondary N) is 1. The fourth-order valence-electron chi connectivity index (χ4n) is 3.11. The third-order valence-corrected chi connectivity index (χ3v) is 5.03. The molecule has 1 atom stereocenters. The number of aliphatic hydroxyl groups is 1. The topological polar surface area (TPSA) is 95.4 Å². The molecule has 2 amide bonds. The number of hydrogen-bond acceptors (Lipinski definition) is 6. The van der Waals surface area contributed by atoms with Gasteiger partial charge in [0.15, 0.2) is 0 Å². The van der Waals surface area contributed by atoms with Crippen molar-refractivity contribution in [3.8, 4) is 0 Å². The summed E-state index contributed by atoms with van der Waals surface area (Å²) in [5.74, 6) is -0.393. The molecule has 1 aromatic heterocycles. The fraction of sp³-hybridized carbons (Fsp3) is 0.412. The highest BCUT2D eigenvalue weighted by Gasteiger charge is 2.40. The summed E-state index contributed by atoms with van der Waals surface area (Å²) in [5, 5.41) is 21.3. The van der Waals surface area contributed by atoms with Gasteiger partial charge in [0.1, 0.15) is 11.1 Å². The van der Waals surface area contributed by atoms with Crippen molar-refractivity contribution in [3.63, 3.8) is 0 Å². The first-order chi connectivity index (χ1) is 12.0. The second-order valence-electron chi connectivity index (χ2n) is 6.20. The van der Waals surface area contributed by atoms with Gasteiger partial charge in [-0.15, -0.1) is 10.2 Å². The third-order valence-electron chi connectivity index (χ3n) is 4.42. The number of aromatic nitrogens is 2. The predicted octanol–water partition coefficient (Wildman–Crippen LogP) is 1.69. The SMILES string of the molecule is Cc1ccccc1C1(O)CCN(C(=O)CCC(=O)Nc2nncs2)C1. The third kappa shape index (κ3) is 4.02. The summed E-state index contributed by atoms with van der Waals surface area (Å²) >= 11 is 1.23. The number of anilines is 1. The number of rotatable bonds is 5. The van der Waals surface area contributed by atoms with Gasteiger partial charge in [0.2, 0.25) is 16.9 Å². The summed E-state index contributed by atoms with van der Waals surface area (Å²) in [6.45, 7) is 2.70. The lowest BCUT2D eigenvalue weighted by Crippen LogP contribution is -2.35. The summed E-state index contributed by atoms with van der Waals surface area (Å²) in [7, 11) is 0. The zero-order valence-electron chi connectivity index (χ0n) is 13.9. The maximum atomic E-state index is 12.4. The van der Waals surface area contributed by atoms with Gasteiger partial charge < -0.3 is 15.3 Å². The minimum absolute atomic E-state index is 0.0811. The second kappa shape index (κ2) is 7.28. The van der Waals surface area contributed by atoms with Gasteiger partial charge in [-0.3, -0.25) is 9.59 Å². The molecule has 25 heavy (non-hydrogen) atoms. The Morgan fingerprint density at radius 3 is 2.88 bits per heavy atom. The molecule has 1 aromatic carbocycles. The summed E-state index contributed by atoms with van der Waals surface area (Å²) in [5.41, 5.74) is 2.38. The van der Waals surface area contributed by atoms with E-state index in [1.807, 2.05) is 31.2 Å². The Bertz CT molecular complexity index is 765. The van der Waals surface area contributed by atoms with Gasteiger partial charge in [0.25, 0.3) is 0 Å². The van der Waals surface area contributed by atoms with Gasteiger partial charge >= 0.3 is 0 Å². The van der Waals surface area contributed by atoms with Crippen LogP contribution in [0.5, 0.6) is 0 Å². The molecule has 3 rings (SSSR count). The molecule has 1 aliphatic heterocycles. The van der Waals surface area contributed by atoms with Crippen molar-refractivity contribution in [1.29, 1.82) is 0 Å². The Morgan fingerprint density at radius 2 is 2.16 bits per heavy atom. The van der Waals surface area contributed by atoms with Crippen molar-refractivity contribution in [1.82, 2.24) is 15.1 Å². The summed E-state index contributed by atoms with van der Waals surface area (Å²) < 4.78 is 0. The van der Waals surface area contributed by atoms with Crippen LogP contribution in [0.3, 0.4) is 0 Å². The zero-order valence-corrected chi connectivity index (χ0v) is 14.8. The van der Waals surface area contributed by atoms with Crippen LogP contribution in [0.4, 0.5) is 5.13 Å². The van der Waals surface area contributed by atoms with E-state index in [2.05, 4.69) is 15.5 Å². The molecule has 7 nitrogen and oxygen atoms in total. The quantitative estimate of drug-likeness (QED) is 0.846. The minimum Gasteiger partial charge on any atom is -0.383 e. The number of carbonyl (C=O) groups is 2. The molecule has 1 saturated heterocycles. The van der Waals surface area contributed by atoms with E-state index in [0.29, 0.717) is 18.1 Å². The first-order valence-electron chi connectivity index (χ1n) is 8.10. The van der Waals surface area contributed by atoms with Gasteiger partial charge in [-0.05, 0) is 24.5 Å². The van der Waals surface area contributed by atoms with E-state index in [1.165, 1.54) is 16.8 Å². The van der Waals surface area contributed by atoms with Crippen LogP contribution in [0.25, 0.3) is 0 Å². The Morgan fingerprint density at radius 1 is 1.36 bits per heavy atom. The molecule has 8 heteroatoms. The molecule has 1 fully saturated rings. The van der Waals surface area contributed by atoms with E-state index in [0.717, 1.165) is 11.1 Å². The molecule has 0 radical (unpaired) electrons. The number of nitrogens with zero attached hydrogens (tertiary/aromatic N) is 3. The Kier molecular flexibility index (Phi) is 5.10. The Hall–Kier alpha value is -2.32. The lowest BCUT2D eigenvalue weighted by molar-refractivity contribution is -0.132. The van der Waals surface area contributed by atoms with Crippen molar-refractivity contribution in [2.24, 2.45) is 0 Å². The summed E-state index contributed by atoms with van der Waals surface area (Å²) in [4.78, 5) is 25.8. The second-order valence-corrected chi connectivity index (χ2v) is 7.04. The zero-order chi connectivity index (χ0) is 17.9. The number of benzene rings is 1. The molecule has 0 saturated carbocycles. The van der Waals surface area contributed by atoms with E-state index >= 15 is 0 Å². The van der Waals surface area contributed by atoms with Gasteiger partial charge in [-0.2, -0.15) is 0 Å². The number of hydrogen-bond donors (Lipinski definition) is 2. The minimum atomic E-state index is -1.02. The molecule has 1 aliphatic rings. The Balaban J connectivity index is 1.54. The monoisotopic (exact) mass is 360 g/mol. The van der Waals surface area contributed by atoms with E-state index in [1.54, 1.807) is 4.90 Å². The van der Waals surface area contributed by atoms with Crippen LogP contribution < -0.4 is 5.32 Å². The first-order valence-corrected chi connectivity index (χ1v) is 8.98. The van der Waals surface area contributed by atoms with Crippen LogP contribution in [-0.2, 0) is 15.2 Å². The highest BCUT2D eigenvalue weighted by molar-refractivity contribution is 7.13. The van der Waals surface area contributed by atoms with Crippen LogP contribution in [-0.4, -0.2) is 45.1 Å².